The SMILES string of the molecule is O=C(O)/C=C/c1ccc(NC(=O)CCCCCCNC(=O)c2ccc3c(C4CCCCC4)c4n(c3c2)CCCc2[nH]cnc2-4)cc1. The first kappa shape index (κ1) is 31.3. The molecule has 6 rings (SSSR count). The van der Waals surface area contributed by atoms with Gasteiger partial charge in [-0.2, -0.15) is 0 Å². The summed E-state index contributed by atoms with van der Waals surface area (Å²) in [5.74, 6) is -0.562. The van der Waals surface area contributed by atoms with Gasteiger partial charge in [-0.3, -0.25) is 9.59 Å². The minimum atomic E-state index is -1.000. The van der Waals surface area contributed by atoms with Crippen molar-refractivity contribution in [3.05, 3.63) is 77.3 Å². The number of carboxylic acid groups (broad SMARTS) is 1. The summed E-state index contributed by atoms with van der Waals surface area (Å²) < 4.78 is 2.42. The molecular weight excluding hydrogens is 578 g/mol. The van der Waals surface area contributed by atoms with E-state index in [0.717, 1.165) is 67.9 Å². The molecule has 240 valence electrons. The third-order valence-electron chi connectivity index (χ3n) is 9.36. The molecule has 0 saturated heterocycles. The number of nitrogens with zero attached hydrogens (tertiary/aromatic N) is 2. The second-order valence-corrected chi connectivity index (χ2v) is 12.6. The Morgan fingerprint density at radius 2 is 1.78 bits per heavy atom. The first-order valence-electron chi connectivity index (χ1n) is 16.8. The van der Waals surface area contributed by atoms with Gasteiger partial charge in [-0.25, -0.2) is 9.78 Å². The Kier molecular flexibility index (Phi) is 9.96. The highest BCUT2D eigenvalue weighted by molar-refractivity contribution is 6.01. The van der Waals surface area contributed by atoms with Crippen molar-refractivity contribution in [2.75, 3.05) is 11.9 Å². The number of nitrogens with one attached hydrogen (secondary N) is 3. The number of aryl methyl sites for hydroxylation is 2. The van der Waals surface area contributed by atoms with Crippen LogP contribution in [-0.4, -0.2) is 44.0 Å². The minimum absolute atomic E-state index is 0.0454. The normalized spacial score (nSPS) is 15.0. The van der Waals surface area contributed by atoms with Gasteiger partial charge in [0, 0.05) is 53.4 Å². The number of carbonyl (C=O) groups excluding carboxylic acids is 2. The van der Waals surface area contributed by atoms with Crippen LogP contribution in [0, 0.1) is 0 Å². The standard InChI is InChI=1S/C37H43N5O4/c43-32(41-28-17-13-25(14-18-28)15-20-33(44)45)12-6-1-2-7-21-38-37(46)27-16-19-29-31(23-27)42-22-8-11-30-35(40-24-39-30)36(42)34(29)26-9-4-3-5-10-26/h13-20,23-24,26H,1-12,21-22H2,(H,38,46)(H,39,40)(H,41,43)(H,44,45)/b20-15+. The molecule has 46 heavy (non-hydrogen) atoms. The van der Waals surface area contributed by atoms with Crippen molar-refractivity contribution in [3.63, 3.8) is 0 Å². The molecule has 1 fully saturated rings. The van der Waals surface area contributed by atoms with Gasteiger partial charge in [0.25, 0.3) is 5.91 Å². The van der Waals surface area contributed by atoms with Gasteiger partial charge in [-0.1, -0.05) is 50.3 Å². The fourth-order valence-corrected chi connectivity index (χ4v) is 7.08. The monoisotopic (exact) mass is 621 g/mol. The number of amides is 2. The van der Waals surface area contributed by atoms with Crippen molar-refractivity contribution in [2.24, 2.45) is 0 Å². The summed E-state index contributed by atoms with van der Waals surface area (Å²) >= 11 is 0. The van der Waals surface area contributed by atoms with Crippen molar-refractivity contribution < 1.29 is 19.5 Å². The molecule has 1 aliphatic heterocycles. The lowest BCUT2D eigenvalue weighted by Gasteiger charge is -2.23. The van der Waals surface area contributed by atoms with E-state index in [1.54, 1.807) is 24.3 Å². The minimum Gasteiger partial charge on any atom is -0.478 e. The van der Waals surface area contributed by atoms with Gasteiger partial charge < -0.3 is 25.3 Å². The van der Waals surface area contributed by atoms with Crippen molar-refractivity contribution in [2.45, 2.75) is 89.5 Å². The second kappa shape index (κ2) is 14.6. The molecule has 2 aliphatic rings. The summed E-state index contributed by atoms with van der Waals surface area (Å²) in [6, 6.07) is 13.3. The predicted molar refractivity (Wildman–Crippen MR) is 181 cm³/mol. The van der Waals surface area contributed by atoms with E-state index in [9.17, 15) is 14.4 Å². The number of carbonyl (C=O) groups is 3. The van der Waals surface area contributed by atoms with Gasteiger partial charge >= 0.3 is 5.97 Å². The van der Waals surface area contributed by atoms with Crippen LogP contribution in [0.15, 0.2) is 54.9 Å². The van der Waals surface area contributed by atoms with Gasteiger partial charge in [0.05, 0.1) is 12.0 Å². The number of fused-ring (bicyclic) bond motifs is 5. The average Bonchev–Trinajstić information content (AvgIpc) is 3.61. The van der Waals surface area contributed by atoms with E-state index in [1.807, 2.05) is 12.4 Å². The number of hydrogen-bond donors (Lipinski definition) is 4. The third kappa shape index (κ3) is 7.25. The molecule has 9 heteroatoms. The summed E-state index contributed by atoms with van der Waals surface area (Å²) in [6.45, 7) is 1.52. The van der Waals surface area contributed by atoms with Crippen molar-refractivity contribution in [3.8, 4) is 11.4 Å². The van der Waals surface area contributed by atoms with Crippen molar-refractivity contribution in [1.82, 2.24) is 19.9 Å². The number of aromatic amines is 1. The lowest BCUT2D eigenvalue weighted by atomic mass is 9.82. The summed E-state index contributed by atoms with van der Waals surface area (Å²) in [5.41, 5.74) is 8.25. The van der Waals surface area contributed by atoms with Crippen LogP contribution >= 0.6 is 0 Å². The summed E-state index contributed by atoms with van der Waals surface area (Å²) in [7, 11) is 0. The number of rotatable bonds is 12. The molecule has 4 aromatic rings. The quantitative estimate of drug-likeness (QED) is 0.0965. The molecule has 0 atom stereocenters. The van der Waals surface area contributed by atoms with Crippen LogP contribution in [0.25, 0.3) is 28.4 Å². The van der Waals surface area contributed by atoms with E-state index in [0.29, 0.717) is 30.1 Å². The highest BCUT2D eigenvalue weighted by atomic mass is 16.4. The van der Waals surface area contributed by atoms with Gasteiger partial charge in [0.1, 0.15) is 5.69 Å². The Morgan fingerprint density at radius 1 is 0.978 bits per heavy atom. The molecule has 3 heterocycles. The van der Waals surface area contributed by atoms with Gasteiger partial charge in [0.15, 0.2) is 0 Å². The zero-order valence-electron chi connectivity index (χ0n) is 26.3. The Hall–Kier alpha value is -4.66. The van der Waals surface area contributed by atoms with Gasteiger partial charge in [-0.15, -0.1) is 0 Å². The fourth-order valence-electron chi connectivity index (χ4n) is 7.08. The third-order valence-corrected chi connectivity index (χ3v) is 9.36. The molecular formula is C37H43N5O4. The molecule has 4 N–H and O–H groups in total. The van der Waals surface area contributed by atoms with Gasteiger partial charge in [0.2, 0.25) is 5.91 Å². The lowest BCUT2D eigenvalue weighted by Crippen LogP contribution is -2.24. The molecule has 1 aliphatic carbocycles. The number of H-pyrrole nitrogens is 1. The Labute approximate surface area is 269 Å². The van der Waals surface area contributed by atoms with E-state index in [2.05, 4.69) is 32.3 Å². The maximum Gasteiger partial charge on any atom is 0.328 e. The van der Waals surface area contributed by atoms with Crippen LogP contribution in [0.4, 0.5) is 5.69 Å². The second-order valence-electron chi connectivity index (χ2n) is 12.6. The summed E-state index contributed by atoms with van der Waals surface area (Å²) in [6.07, 6.45) is 16.6. The number of aliphatic carboxylic acids is 1. The molecule has 0 radical (unpaired) electrons. The molecule has 2 aromatic carbocycles. The molecule has 9 nitrogen and oxygen atoms in total. The van der Waals surface area contributed by atoms with E-state index >= 15 is 0 Å². The Morgan fingerprint density at radius 3 is 2.59 bits per heavy atom. The topological polar surface area (TPSA) is 129 Å². The first-order chi connectivity index (χ1) is 22.5. The highest BCUT2D eigenvalue weighted by Gasteiger charge is 2.30. The number of aromatic nitrogens is 3. The van der Waals surface area contributed by atoms with E-state index in [4.69, 9.17) is 10.1 Å². The molecule has 2 aromatic heterocycles. The van der Waals surface area contributed by atoms with Crippen molar-refractivity contribution >= 4 is 40.4 Å². The maximum absolute atomic E-state index is 13.2. The fraction of sp³-hybridized carbons (Fsp3) is 0.405. The Balaban J connectivity index is 1.00. The van der Waals surface area contributed by atoms with Crippen LogP contribution in [0.2, 0.25) is 0 Å². The van der Waals surface area contributed by atoms with E-state index in [-0.39, 0.29) is 11.8 Å². The molecule has 0 bridgehead atoms. The number of unbranched alkanes of at least 4 members (excludes halogenated alkanes) is 3. The summed E-state index contributed by atoms with van der Waals surface area (Å²) in [5, 5.41) is 16.0. The Bertz CT molecular complexity index is 1730. The van der Waals surface area contributed by atoms with Crippen LogP contribution in [0.5, 0.6) is 0 Å². The zero-order valence-corrected chi connectivity index (χ0v) is 26.3. The average molecular weight is 622 g/mol. The first-order valence-corrected chi connectivity index (χ1v) is 16.8. The van der Waals surface area contributed by atoms with Crippen LogP contribution < -0.4 is 10.6 Å². The number of anilines is 1. The molecule has 2 amide bonds. The number of imidazole rings is 1. The predicted octanol–water partition coefficient (Wildman–Crippen LogP) is 7.44. The maximum atomic E-state index is 13.2. The largest absolute Gasteiger partial charge is 0.478 e. The molecule has 1 saturated carbocycles. The van der Waals surface area contributed by atoms with Crippen molar-refractivity contribution in [1.29, 1.82) is 0 Å². The number of hydrogen-bond acceptors (Lipinski definition) is 4. The molecule has 0 spiro atoms. The number of benzene rings is 2. The zero-order chi connectivity index (χ0) is 31.9. The van der Waals surface area contributed by atoms with E-state index < -0.39 is 5.97 Å². The lowest BCUT2D eigenvalue weighted by molar-refractivity contribution is -0.131. The van der Waals surface area contributed by atoms with Crippen LogP contribution in [-0.2, 0) is 22.6 Å². The van der Waals surface area contributed by atoms with Gasteiger partial charge in [-0.05, 0) is 85.9 Å². The van der Waals surface area contributed by atoms with E-state index in [1.165, 1.54) is 60.5 Å². The van der Waals surface area contributed by atoms with Crippen LogP contribution in [0.1, 0.15) is 104 Å². The number of carboxylic acids is 1. The summed E-state index contributed by atoms with van der Waals surface area (Å²) in [4.78, 5) is 44.3. The molecule has 0 unspecified atom stereocenters. The smallest absolute Gasteiger partial charge is 0.328 e. The van der Waals surface area contributed by atoms with Crippen LogP contribution in [0.3, 0.4) is 0 Å². The highest BCUT2D eigenvalue weighted by Crippen LogP contribution is 2.45.